The first-order chi connectivity index (χ1) is 7.34. The summed E-state index contributed by atoms with van der Waals surface area (Å²) in [6.45, 7) is 4.46. The molecule has 2 saturated carbocycles. The molecule has 0 aliphatic heterocycles. The van der Waals surface area contributed by atoms with E-state index in [0.29, 0.717) is 0 Å². The van der Waals surface area contributed by atoms with Gasteiger partial charge in [-0.15, -0.1) is 0 Å². The van der Waals surface area contributed by atoms with Crippen LogP contribution in [-0.2, 0) is 4.74 Å². The minimum atomic E-state index is 0.931. The zero-order valence-corrected chi connectivity index (χ0v) is 10.2. The number of rotatable bonds is 6. The predicted molar refractivity (Wildman–Crippen MR) is 63.9 cm³/mol. The Labute approximate surface area is 94.6 Å². The van der Waals surface area contributed by atoms with E-state index in [1.54, 1.807) is 0 Å². The maximum atomic E-state index is 5.67. The van der Waals surface area contributed by atoms with Gasteiger partial charge >= 0.3 is 0 Å². The van der Waals surface area contributed by atoms with Crippen LogP contribution in [0.3, 0.4) is 0 Å². The van der Waals surface area contributed by atoms with Crippen molar-refractivity contribution in [3.05, 3.63) is 0 Å². The maximum absolute atomic E-state index is 5.67. The van der Waals surface area contributed by atoms with Crippen molar-refractivity contribution < 1.29 is 4.74 Å². The van der Waals surface area contributed by atoms with E-state index in [1.807, 2.05) is 0 Å². The Balaban J connectivity index is 1.43. The third-order valence-electron chi connectivity index (χ3n) is 4.09. The fourth-order valence-corrected chi connectivity index (χ4v) is 2.63. The second kappa shape index (κ2) is 5.89. The monoisotopic (exact) mass is 210 g/mol. The van der Waals surface area contributed by atoms with Crippen LogP contribution in [0.25, 0.3) is 0 Å². The van der Waals surface area contributed by atoms with Crippen molar-refractivity contribution in [1.29, 1.82) is 0 Å². The number of ether oxygens (including phenoxy) is 1. The molecule has 0 N–H and O–H groups in total. The highest BCUT2D eigenvalue weighted by Crippen LogP contribution is 2.31. The van der Waals surface area contributed by atoms with E-state index < -0.39 is 0 Å². The molecule has 15 heavy (non-hydrogen) atoms. The largest absolute Gasteiger partial charge is 0.381 e. The zero-order valence-electron chi connectivity index (χ0n) is 10.2. The van der Waals surface area contributed by atoms with Crippen LogP contribution in [0, 0.1) is 17.8 Å². The molecule has 2 aliphatic carbocycles. The van der Waals surface area contributed by atoms with Crippen LogP contribution in [0.2, 0.25) is 0 Å². The van der Waals surface area contributed by atoms with E-state index in [2.05, 4.69) is 6.92 Å². The molecule has 0 atom stereocenters. The lowest BCUT2D eigenvalue weighted by molar-refractivity contribution is 0.114. The second-order valence-corrected chi connectivity index (χ2v) is 5.79. The highest BCUT2D eigenvalue weighted by atomic mass is 16.5. The summed E-state index contributed by atoms with van der Waals surface area (Å²) in [7, 11) is 0. The van der Waals surface area contributed by atoms with E-state index in [9.17, 15) is 0 Å². The van der Waals surface area contributed by atoms with Gasteiger partial charge in [0.2, 0.25) is 0 Å². The minimum Gasteiger partial charge on any atom is -0.381 e. The molecule has 0 saturated heterocycles. The molecule has 1 nitrogen and oxygen atoms in total. The fourth-order valence-electron chi connectivity index (χ4n) is 2.63. The second-order valence-electron chi connectivity index (χ2n) is 5.79. The Morgan fingerprint density at radius 3 is 2.27 bits per heavy atom. The molecule has 2 aliphatic rings. The highest BCUT2D eigenvalue weighted by molar-refractivity contribution is 4.72. The van der Waals surface area contributed by atoms with Crippen LogP contribution in [0.15, 0.2) is 0 Å². The molecule has 0 bridgehead atoms. The minimum absolute atomic E-state index is 0.931. The highest BCUT2D eigenvalue weighted by Gasteiger charge is 2.21. The summed E-state index contributed by atoms with van der Waals surface area (Å²) < 4.78 is 5.67. The molecule has 0 heterocycles. The van der Waals surface area contributed by atoms with Crippen LogP contribution < -0.4 is 0 Å². The topological polar surface area (TPSA) is 9.23 Å². The number of hydrogen-bond acceptors (Lipinski definition) is 1. The Bertz CT molecular complexity index is 166. The van der Waals surface area contributed by atoms with E-state index in [-0.39, 0.29) is 0 Å². The normalized spacial score (nSPS) is 31.8. The SMILES string of the molecule is CC1CCC(CCCOCC2CC2)CC1. The van der Waals surface area contributed by atoms with Crippen LogP contribution in [-0.4, -0.2) is 13.2 Å². The first-order valence-corrected chi connectivity index (χ1v) is 6.92. The summed E-state index contributed by atoms with van der Waals surface area (Å²) in [5.74, 6) is 2.94. The lowest BCUT2D eigenvalue weighted by Crippen LogP contribution is -2.13. The summed E-state index contributed by atoms with van der Waals surface area (Å²) in [6.07, 6.45) is 11.4. The Kier molecular flexibility index (Phi) is 4.49. The molecule has 0 aromatic heterocycles. The average molecular weight is 210 g/mol. The van der Waals surface area contributed by atoms with Crippen molar-refractivity contribution in [2.75, 3.05) is 13.2 Å². The third-order valence-corrected chi connectivity index (χ3v) is 4.09. The molecule has 88 valence electrons. The van der Waals surface area contributed by atoms with Gasteiger partial charge in [0.15, 0.2) is 0 Å². The van der Waals surface area contributed by atoms with Crippen LogP contribution in [0.5, 0.6) is 0 Å². The van der Waals surface area contributed by atoms with Gasteiger partial charge in [0.25, 0.3) is 0 Å². The molecule has 1 heteroatoms. The molecule has 2 fully saturated rings. The molecule has 0 spiro atoms. The molecular formula is C14H26O. The van der Waals surface area contributed by atoms with Crippen molar-refractivity contribution in [1.82, 2.24) is 0 Å². The van der Waals surface area contributed by atoms with Gasteiger partial charge in [-0.1, -0.05) is 32.6 Å². The third kappa shape index (κ3) is 4.55. The molecule has 0 aromatic rings. The Hall–Kier alpha value is -0.0400. The molecule has 0 amide bonds. The van der Waals surface area contributed by atoms with Crippen LogP contribution in [0.4, 0.5) is 0 Å². The van der Waals surface area contributed by atoms with Gasteiger partial charge < -0.3 is 4.74 Å². The van der Waals surface area contributed by atoms with Gasteiger partial charge in [-0.05, 0) is 43.4 Å². The smallest absolute Gasteiger partial charge is 0.0494 e. The molecule has 0 radical (unpaired) electrons. The van der Waals surface area contributed by atoms with Crippen LogP contribution in [0.1, 0.15) is 58.3 Å². The lowest BCUT2D eigenvalue weighted by atomic mass is 9.81. The fraction of sp³-hybridized carbons (Fsp3) is 1.00. The molecular weight excluding hydrogens is 184 g/mol. The summed E-state index contributed by atoms with van der Waals surface area (Å²) in [4.78, 5) is 0. The standard InChI is InChI=1S/C14H26O/c1-12-4-6-13(7-5-12)3-2-10-15-11-14-8-9-14/h12-14H,2-11H2,1H3. The van der Waals surface area contributed by atoms with Crippen molar-refractivity contribution in [3.8, 4) is 0 Å². The van der Waals surface area contributed by atoms with Gasteiger partial charge in [0.05, 0.1) is 0 Å². The summed E-state index contributed by atoms with van der Waals surface area (Å²) in [5.41, 5.74) is 0. The first-order valence-electron chi connectivity index (χ1n) is 6.92. The summed E-state index contributed by atoms with van der Waals surface area (Å²) >= 11 is 0. The first kappa shape index (κ1) is 11.4. The van der Waals surface area contributed by atoms with Crippen molar-refractivity contribution in [3.63, 3.8) is 0 Å². The van der Waals surface area contributed by atoms with Crippen molar-refractivity contribution in [2.24, 2.45) is 17.8 Å². The quantitative estimate of drug-likeness (QED) is 0.602. The van der Waals surface area contributed by atoms with Gasteiger partial charge in [0, 0.05) is 13.2 Å². The predicted octanol–water partition coefficient (Wildman–Crippen LogP) is 4.02. The maximum Gasteiger partial charge on any atom is 0.0494 e. The Morgan fingerprint density at radius 2 is 1.60 bits per heavy atom. The van der Waals surface area contributed by atoms with E-state index >= 15 is 0 Å². The molecule has 2 rings (SSSR count). The summed E-state index contributed by atoms with van der Waals surface area (Å²) in [6, 6.07) is 0. The average Bonchev–Trinajstić information content (AvgIpc) is 3.04. The van der Waals surface area contributed by atoms with Gasteiger partial charge in [-0.3, -0.25) is 0 Å². The summed E-state index contributed by atoms with van der Waals surface area (Å²) in [5, 5.41) is 0. The van der Waals surface area contributed by atoms with Crippen molar-refractivity contribution >= 4 is 0 Å². The van der Waals surface area contributed by atoms with E-state index in [1.165, 1.54) is 51.4 Å². The zero-order chi connectivity index (χ0) is 10.5. The van der Waals surface area contributed by atoms with Crippen molar-refractivity contribution in [2.45, 2.75) is 58.3 Å². The van der Waals surface area contributed by atoms with E-state index in [0.717, 1.165) is 31.0 Å². The molecule has 0 unspecified atom stereocenters. The Morgan fingerprint density at radius 1 is 0.933 bits per heavy atom. The van der Waals surface area contributed by atoms with E-state index in [4.69, 9.17) is 4.74 Å². The van der Waals surface area contributed by atoms with Crippen LogP contribution >= 0.6 is 0 Å². The van der Waals surface area contributed by atoms with Gasteiger partial charge in [0.1, 0.15) is 0 Å². The number of hydrogen-bond donors (Lipinski definition) is 0. The lowest BCUT2D eigenvalue weighted by Gasteiger charge is -2.25. The molecule has 0 aromatic carbocycles. The van der Waals surface area contributed by atoms with Gasteiger partial charge in [-0.2, -0.15) is 0 Å². The van der Waals surface area contributed by atoms with Gasteiger partial charge in [-0.25, -0.2) is 0 Å².